The number of hydrogen-bond donors (Lipinski definition) is 2. The number of carbonyl (C=O) groups excluding carboxylic acids is 1. The van der Waals surface area contributed by atoms with Gasteiger partial charge in [0.05, 0.1) is 18.5 Å². The summed E-state index contributed by atoms with van der Waals surface area (Å²) in [5.74, 6) is -0.716. The van der Waals surface area contributed by atoms with Crippen molar-refractivity contribution in [2.24, 2.45) is 0 Å². The number of nitrogens with zero attached hydrogens (tertiary/aromatic N) is 1. The molecule has 6 nitrogen and oxygen atoms in total. The first-order valence-electron chi connectivity index (χ1n) is 6.76. The minimum Gasteiger partial charge on any atom is -0.348 e. The number of sulfonamides is 1. The molecular formula is C15H16FN3O3S. The average Bonchev–Trinajstić information content (AvgIpc) is 2.50. The lowest BCUT2D eigenvalue weighted by molar-refractivity contribution is 0.0950. The van der Waals surface area contributed by atoms with E-state index in [9.17, 15) is 17.6 Å². The summed E-state index contributed by atoms with van der Waals surface area (Å²) < 4.78 is 37.5. The van der Waals surface area contributed by atoms with Gasteiger partial charge >= 0.3 is 0 Å². The molecule has 0 saturated carbocycles. The van der Waals surface area contributed by atoms with Crippen molar-refractivity contribution in [3.05, 3.63) is 65.2 Å². The van der Waals surface area contributed by atoms with Crippen LogP contribution in [0, 0.1) is 5.82 Å². The number of amides is 1. The van der Waals surface area contributed by atoms with E-state index in [1.54, 1.807) is 12.1 Å². The summed E-state index contributed by atoms with van der Waals surface area (Å²) in [5.41, 5.74) is 1.42. The second kappa shape index (κ2) is 7.30. The number of halogens is 1. The molecule has 0 radical (unpaired) electrons. The Morgan fingerprint density at radius 3 is 2.70 bits per heavy atom. The molecule has 122 valence electrons. The topological polar surface area (TPSA) is 88.2 Å². The van der Waals surface area contributed by atoms with Crippen LogP contribution >= 0.6 is 0 Å². The van der Waals surface area contributed by atoms with Crippen LogP contribution in [-0.2, 0) is 23.1 Å². The molecule has 0 atom stereocenters. The molecule has 0 aliphatic heterocycles. The maximum absolute atomic E-state index is 13.1. The Bertz CT molecular complexity index is 809. The van der Waals surface area contributed by atoms with Crippen molar-refractivity contribution in [3.8, 4) is 0 Å². The number of nitrogens with one attached hydrogen (secondary N) is 2. The molecule has 2 rings (SSSR count). The fraction of sp³-hybridized carbons (Fsp3) is 0.200. The van der Waals surface area contributed by atoms with E-state index in [0.29, 0.717) is 16.8 Å². The summed E-state index contributed by atoms with van der Waals surface area (Å²) in [6.07, 6.45) is 2.47. The summed E-state index contributed by atoms with van der Waals surface area (Å²) >= 11 is 0. The molecule has 23 heavy (non-hydrogen) atoms. The third-order valence-electron chi connectivity index (χ3n) is 2.94. The summed E-state index contributed by atoms with van der Waals surface area (Å²) in [6, 6.07) is 8.96. The first kappa shape index (κ1) is 17.0. The lowest BCUT2D eigenvalue weighted by Crippen LogP contribution is -2.24. The zero-order valence-electron chi connectivity index (χ0n) is 12.4. The van der Waals surface area contributed by atoms with Gasteiger partial charge in [-0.3, -0.25) is 9.78 Å². The van der Waals surface area contributed by atoms with Crippen molar-refractivity contribution in [2.45, 2.75) is 13.1 Å². The molecule has 0 saturated heterocycles. The molecular weight excluding hydrogens is 321 g/mol. The van der Waals surface area contributed by atoms with Crippen molar-refractivity contribution < 1.29 is 17.6 Å². The molecule has 2 aromatic rings. The predicted molar refractivity (Wildman–Crippen MR) is 83.5 cm³/mol. The van der Waals surface area contributed by atoms with Crippen molar-refractivity contribution in [1.82, 2.24) is 15.0 Å². The molecule has 1 heterocycles. The quantitative estimate of drug-likeness (QED) is 0.829. The van der Waals surface area contributed by atoms with Crippen LogP contribution in [-0.4, -0.2) is 25.6 Å². The van der Waals surface area contributed by atoms with Crippen molar-refractivity contribution >= 4 is 15.9 Å². The minimum atomic E-state index is -3.33. The normalized spacial score (nSPS) is 11.2. The van der Waals surface area contributed by atoms with Crippen LogP contribution < -0.4 is 10.0 Å². The average molecular weight is 337 g/mol. The third kappa shape index (κ3) is 5.76. The molecule has 0 aliphatic rings. The van der Waals surface area contributed by atoms with Gasteiger partial charge in [-0.15, -0.1) is 0 Å². The molecule has 8 heteroatoms. The molecule has 0 unspecified atom stereocenters. The second-order valence-corrected chi connectivity index (χ2v) is 6.77. The predicted octanol–water partition coefficient (Wildman–Crippen LogP) is 1.20. The van der Waals surface area contributed by atoms with Gasteiger partial charge in [-0.05, 0) is 29.8 Å². The Hall–Kier alpha value is -2.32. The Morgan fingerprint density at radius 2 is 2.00 bits per heavy atom. The maximum atomic E-state index is 13.1. The molecule has 0 fully saturated rings. The largest absolute Gasteiger partial charge is 0.348 e. The maximum Gasteiger partial charge on any atom is 0.251 e. The Morgan fingerprint density at radius 1 is 1.22 bits per heavy atom. The molecule has 1 aromatic carbocycles. The van der Waals surface area contributed by atoms with E-state index < -0.39 is 10.0 Å². The Balaban J connectivity index is 1.99. The fourth-order valence-corrected chi connectivity index (χ4v) is 2.26. The number of rotatable bonds is 6. The summed E-state index contributed by atoms with van der Waals surface area (Å²) in [7, 11) is -3.33. The fourth-order valence-electron chi connectivity index (χ4n) is 1.85. The molecule has 1 aromatic heterocycles. The summed E-state index contributed by atoms with van der Waals surface area (Å²) in [6.45, 7) is 0.194. The van der Waals surface area contributed by atoms with Gasteiger partial charge in [0.25, 0.3) is 5.91 Å². The van der Waals surface area contributed by atoms with Gasteiger partial charge in [0, 0.05) is 18.3 Å². The van der Waals surface area contributed by atoms with Crippen molar-refractivity contribution in [3.63, 3.8) is 0 Å². The molecule has 0 spiro atoms. The van der Waals surface area contributed by atoms with Crippen molar-refractivity contribution in [2.75, 3.05) is 6.26 Å². The van der Waals surface area contributed by atoms with E-state index in [0.717, 1.165) is 6.26 Å². The van der Waals surface area contributed by atoms with Gasteiger partial charge < -0.3 is 5.32 Å². The highest BCUT2D eigenvalue weighted by Crippen LogP contribution is 2.05. The van der Waals surface area contributed by atoms with Gasteiger partial charge in [-0.1, -0.05) is 12.1 Å². The monoisotopic (exact) mass is 337 g/mol. The number of aromatic nitrogens is 1. The highest BCUT2D eigenvalue weighted by Gasteiger charge is 2.08. The van der Waals surface area contributed by atoms with E-state index in [-0.39, 0.29) is 24.8 Å². The van der Waals surface area contributed by atoms with Crippen LogP contribution in [0.3, 0.4) is 0 Å². The molecule has 1 amide bonds. The van der Waals surface area contributed by atoms with E-state index in [4.69, 9.17) is 0 Å². The number of hydrogen-bond acceptors (Lipinski definition) is 4. The molecule has 0 bridgehead atoms. The van der Waals surface area contributed by atoms with Crippen LogP contribution in [0.2, 0.25) is 0 Å². The van der Waals surface area contributed by atoms with Gasteiger partial charge in [-0.25, -0.2) is 17.5 Å². The highest BCUT2D eigenvalue weighted by atomic mass is 32.2. The van der Waals surface area contributed by atoms with Gasteiger partial charge in [0.15, 0.2) is 0 Å². The van der Waals surface area contributed by atoms with Crippen LogP contribution in [0.15, 0.2) is 42.6 Å². The number of benzene rings is 1. The van der Waals surface area contributed by atoms with Crippen LogP contribution in [0.25, 0.3) is 0 Å². The van der Waals surface area contributed by atoms with Crippen molar-refractivity contribution in [1.29, 1.82) is 0 Å². The van der Waals surface area contributed by atoms with Gasteiger partial charge in [0.2, 0.25) is 10.0 Å². The van der Waals surface area contributed by atoms with Gasteiger partial charge in [-0.2, -0.15) is 0 Å². The second-order valence-electron chi connectivity index (χ2n) is 4.94. The van der Waals surface area contributed by atoms with Crippen LogP contribution in [0.5, 0.6) is 0 Å². The van der Waals surface area contributed by atoms with E-state index in [1.807, 2.05) is 0 Å². The lowest BCUT2D eigenvalue weighted by Gasteiger charge is -2.07. The highest BCUT2D eigenvalue weighted by molar-refractivity contribution is 7.88. The standard InChI is InChI=1S/C15H16FN3O3S/c1-23(21,22)19-10-14-8-12(5-6-17-14)15(20)18-9-11-3-2-4-13(16)7-11/h2-8,19H,9-10H2,1H3,(H,18,20). The Kier molecular flexibility index (Phi) is 5.41. The third-order valence-corrected chi connectivity index (χ3v) is 3.61. The zero-order valence-corrected chi connectivity index (χ0v) is 13.2. The van der Waals surface area contributed by atoms with Crippen LogP contribution in [0.1, 0.15) is 21.6 Å². The van der Waals surface area contributed by atoms with E-state index >= 15 is 0 Å². The van der Waals surface area contributed by atoms with E-state index in [1.165, 1.54) is 30.5 Å². The lowest BCUT2D eigenvalue weighted by atomic mass is 10.2. The first-order valence-corrected chi connectivity index (χ1v) is 8.65. The zero-order chi connectivity index (χ0) is 16.9. The number of pyridine rings is 1. The molecule has 0 aliphatic carbocycles. The van der Waals surface area contributed by atoms with E-state index in [2.05, 4.69) is 15.0 Å². The smallest absolute Gasteiger partial charge is 0.251 e. The van der Waals surface area contributed by atoms with Crippen LogP contribution in [0.4, 0.5) is 4.39 Å². The minimum absolute atomic E-state index is 0.00382. The summed E-state index contributed by atoms with van der Waals surface area (Å²) in [4.78, 5) is 16.1. The summed E-state index contributed by atoms with van der Waals surface area (Å²) in [5, 5.41) is 2.67. The first-order chi connectivity index (χ1) is 10.8. The molecule has 2 N–H and O–H groups in total. The SMILES string of the molecule is CS(=O)(=O)NCc1cc(C(=O)NCc2cccc(F)c2)ccn1. The number of carbonyl (C=O) groups is 1. The Labute approximate surface area is 133 Å². The van der Waals surface area contributed by atoms with Gasteiger partial charge in [0.1, 0.15) is 5.82 Å².